The van der Waals surface area contributed by atoms with Gasteiger partial charge in [0.15, 0.2) is 0 Å². The predicted octanol–water partition coefficient (Wildman–Crippen LogP) is 3.01. The highest BCUT2D eigenvalue weighted by molar-refractivity contribution is 5.63. The van der Waals surface area contributed by atoms with Crippen LogP contribution in [-0.2, 0) is 6.42 Å². The molecule has 0 saturated carbocycles. The first kappa shape index (κ1) is 12.6. The second-order valence-corrected chi connectivity index (χ2v) is 4.58. The first-order chi connectivity index (χ1) is 8.61. The Labute approximate surface area is 107 Å². The molecule has 94 valence electrons. The Hall–Kier alpha value is -1.90. The van der Waals surface area contributed by atoms with Crippen molar-refractivity contribution in [1.82, 2.24) is 9.97 Å². The van der Waals surface area contributed by atoms with E-state index >= 15 is 0 Å². The molecule has 0 unspecified atom stereocenters. The van der Waals surface area contributed by atoms with Crippen LogP contribution in [0.1, 0.15) is 30.3 Å². The van der Waals surface area contributed by atoms with Crippen LogP contribution in [0.25, 0.3) is 11.3 Å². The molecule has 0 aliphatic carbocycles. The van der Waals surface area contributed by atoms with Crippen molar-refractivity contribution < 1.29 is 0 Å². The van der Waals surface area contributed by atoms with Gasteiger partial charge in [0.25, 0.3) is 5.56 Å². The Morgan fingerprint density at radius 3 is 2.78 bits per heavy atom. The normalized spacial score (nSPS) is 10.6. The number of H-pyrrole nitrogens is 1. The number of hydrogen-bond donors (Lipinski definition) is 1. The number of nitrogens with zero attached hydrogens (tertiary/aromatic N) is 1. The Morgan fingerprint density at radius 2 is 2.06 bits per heavy atom. The summed E-state index contributed by atoms with van der Waals surface area (Å²) in [6.07, 6.45) is 2.17. The second kappa shape index (κ2) is 5.17. The van der Waals surface area contributed by atoms with Crippen LogP contribution in [0.15, 0.2) is 29.1 Å². The van der Waals surface area contributed by atoms with E-state index in [2.05, 4.69) is 29.0 Å². The van der Waals surface area contributed by atoms with Gasteiger partial charge in [0, 0.05) is 11.1 Å². The molecule has 0 spiro atoms. The van der Waals surface area contributed by atoms with Crippen molar-refractivity contribution in [2.75, 3.05) is 0 Å². The van der Waals surface area contributed by atoms with E-state index in [-0.39, 0.29) is 5.56 Å². The van der Waals surface area contributed by atoms with Crippen LogP contribution in [0.4, 0.5) is 0 Å². The zero-order valence-electron chi connectivity index (χ0n) is 11.1. The smallest absolute Gasteiger partial charge is 0.254 e. The SMILES string of the molecule is CCCc1cccc(-c2nc(C)[nH]c(=O)c2C)c1. The van der Waals surface area contributed by atoms with Gasteiger partial charge in [-0.3, -0.25) is 4.79 Å². The molecule has 1 aromatic heterocycles. The number of hydrogen-bond acceptors (Lipinski definition) is 2. The maximum absolute atomic E-state index is 11.7. The summed E-state index contributed by atoms with van der Waals surface area (Å²) in [4.78, 5) is 18.9. The first-order valence-electron chi connectivity index (χ1n) is 6.28. The molecular weight excluding hydrogens is 224 g/mol. The third kappa shape index (κ3) is 2.50. The van der Waals surface area contributed by atoms with Crippen LogP contribution in [0, 0.1) is 13.8 Å². The number of benzene rings is 1. The maximum atomic E-state index is 11.7. The molecule has 18 heavy (non-hydrogen) atoms. The van der Waals surface area contributed by atoms with E-state index in [9.17, 15) is 4.79 Å². The van der Waals surface area contributed by atoms with Gasteiger partial charge in [-0.15, -0.1) is 0 Å². The maximum Gasteiger partial charge on any atom is 0.254 e. The molecule has 1 heterocycles. The summed E-state index contributed by atoms with van der Waals surface area (Å²) in [5.74, 6) is 0.654. The minimum Gasteiger partial charge on any atom is -0.311 e. The van der Waals surface area contributed by atoms with Gasteiger partial charge < -0.3 is 4.98 Å². The molecule has 0 radical (unpaired) electrons. The first-order valence-corrected chi connectivity index (χ1v) is 6.28. The third-order valence-corrected chi connectivity index (χ3v) is 3.01. The van der Waals surface area contributed by atoms with Crippen molar-refractivity contribution in [3.05, 3.63) is 51.6 Å². The minimum absolute atomic E-state index is 0.0570. The molecule has 0 bridgehead atoms. The van der Waals surface area contributed by atoms with E-state index in [1.165, 1.54) is 5.56 Å². The van der Waals surface area contributed by atoms with E-state index in [1.54, 1.807) is 6.92 Å². The fourth-order valence-corrected chi connectivity index (χ4v) is 2.09. The Kier molecular flexibility index (Phi) is 3.60. The summed E-state index contributed by atoms with van der Waals surface area (Å²) in [7, 11) is 0. The predicted molar refractivity (Wildman–Crippen MR) is 73.8 cm³/mol. The van der Waals surface area contributed by atoms with Gasteiger partial charge in [0.1, 0.15) is 5.82 Å². The molecule has 1 aromatic carbocycles. The standard InChI is InChI=1S/C15H18N2O/c1-4-6-12-7-5-8-13(9-12)14-10(2)15(18)17-11(3)16-14/h5,7-9H,4,6H2,1-3H3,(H,16,17,18). The number of aryl methyl sites for hydroxylation is 2. The molecule has 1 N–H and O–H groups in total. The lowest BCUT2D eigenvalue weighted by Gasteiger charge is -2.07. The monoisotopic (exact) mass is 242 g/mol. The highest BCUT2D eigenvalue weighted by Gasteiger charge is 2.08. The Bertz CT molecular complexity index is 614. The summed E-state index contributed by atoms with van der Waals surface area (Å²) in [6.45, 7) is 5.78. The molecule has 0 aliphatic rings. The zero-order chi connectivity index (χ0) is 13.1. The van der Waals surface area contributed by atoms with Gasteiger partial charge in [0.2, 0.25) is 0 Å². The summed E-state index contributed by atoms with van der Waals surface area (Å²) in [6, 6.07) is 8.27. The molecule has 2 rings (SSSR count). The number of aromatic amines is 1. The topological polar surface area (TPSA) is 45.8 Å². The van der Waals surface area contributed by atoms with Crippen molar-refractivity contribution in [2.45, 2.75) is 33.6 Å². The lowest BCUT2D eigenvalue weighted by molar-refractivity contribution is 0.921. The van der Waals surface area contributed by atoms with Gasteiger partial charge in [-0.1, -0.05) is 31.5 Å². The fraction of sp³-hybridized carbons (Fsp3) is 0.333. The van der Waals surface area contributed by atoms with E-state index in [1.807, 2.05) is 19.1 Å². The van der Waals surface area contributed by atoms with Crippen molar-refractivity contribution in [3.8, 4) is 11.3 Å². The van der Waals surface area contributed by atoms with Crippen LogP contribution < -0.4 is 5.56 Å². The van der Waals surface area contributed by atoms with E-state index < -0.39 is 0 Å². The molecule has 0 amide bonds. The highest BCUT2D eigenvalue weighted by Crippen LogP contribution is 2.20. The van der Waals surface area contributed by atoms with E-state index in [0.717, 1.165) is 24.1 Å². The average molecular weight is 242 g/mol. The van der Waals surface area contributed by atoms with Crippen molar-refractivity contribution in [2.24, 2.45) is 0 Å². The van der Waals surface area contributed by atoms with Crippen molar-refractivity contribution in [1.29, 1.82) is 0 Å². The Morgan fingerprint density at radius 1 is 1.28 bits per heavy atom. The summed E-state index contributed by atoms with van der Waals surface area (Å²) < 4.78 is 0. The second-order valence-electron chi connectivity index (χ2n) is 4.58. The molecular formula is C15H18N2O. The minimum atomic E-state index is -0.0570. The molecule has 3 heteroatoms. The number of nitrogens with one attached hydrogen (secondary N) is 1. The third-order valence-electron chi connectivity index (χ3n) is 3.01. The van der Waals surface area contributed by atoms with Gasteiger partial charge in [-0.25, -0.2) is 4.98 Å². The van der Waals surface area contributed by atoms with Gasteiger partial charge in [-0.05, 0) is 31.9 Å². The van der Waals surface area contributed by atoms with Crippen molar-refractivity contribution in [3.63, 3.8) is 0 Å². The fourth-order valence-electron chi connectivity index (χ4n) is 2.09. The lowest BCUT2D eigenvalue weighted by Crippen LogP contribution is -2.14. The van der Waals surface area contributed by atoms with Crippen molar-refractivity contribution >= 4 is 0 Å². The van der Waals surface area contributed by atoms with E-state index in [4.69, 9.17) is 0 Å². The highest BCUT2D eigenvalue weighted by atomic mass is 16.1. The number of rotatable bonds is 3. The van der Waals surface area contributed by atoms with Crippen LogP contribution in [0.2, 0.25) is 0 Å². The number of aromatic nitrogens is 2. The van der Waals surface area contributed by atoms with Crippen LogP contribution in [0.3, 0.4) is 0 Å². The zero-order valence-corrected chi connectivity index (χ0v) is 11.1. The largest absolute Gasteiger partial charge is 0.311 e. The summed E-state index contributed by atoms with van der Waals surface area (Å²) >= 11 is 0. The van der Waals surface area contributed by atoms with Gasteiger partial charge >= 0.3 is 0 Å². The lowest BCUT2D eigenvalue weighted by atomic mass is 10.0. The van der Waals surface area contributed by atoms with Gasteiger partial charge in [0.05, 0.1) is 5.69 Å². The quantitative estimate of drug-likeness (QED) is 0.899. The molecule has 0 aliphatic heterocycles. The molecule has 0 atom stereocenters. The molecule has 3 nitrogen and oxygen atoms in total. The van der Waals surface area contributed by atoms with E-state index in [0.29, 0.717) is 11.4 Å². The Balaban J connectivity index is 2.54. The molecule has 2 aromatic rings. The van der Waals surface area contributed by atoms with Crippen LogP contribution in [0.5, 0.6) is 0 Å². The average Bonchev–Trinajstić information content (AvgIpc) is 2.34. The summed E-state index contributed by atoms with van der Waals surface area (Å²) in [5, 5.41) is 0. The van der Waals surface area contributed by atoms with Crippen LogP contribution >= 0.6 is 0 Å². The van der Waals surface area contributed by atoms with Crippen LogP contribution in [-0.4, -0.2) is 9.97 Å². The molecule has 0 saturated heterocycles. The van der Waals surface area contributed by atoms with Gasteiger partial charge in [-0.2, -0.15) is 0 Å². The molecule has 0 fully saturated rings. The summed E-state index contributed by atoms with van der Waals surface area (Å²) in [5.41, 5.74) is 3.71.